The van der Waals surface area contributed by atoms with Crippen LogP contribution < -0.4 is 0 Å². The van der Waals surface area contributed by atoms with Crippen molar-refractivity contribution in [3.8, 4) is 23.4 Å². The first-order valence-electron chi connectivity index (χ1n) is 3.22. The summed E-state index contributed by atoms with van der Waals surface area (Å²) in [6.07, 6.45) is 10.3. The normalized spacial score (nSPS) is 8.50. The maximum atomic E-state index is 5.15. The third-order valence-electron chi connectivity index (χ3n) is 1.16. The van der Waals surface area contributed by atoms with E-state index in [1.807, 2.05) is 24.3 Å². The van der Waals surface area contributed by atoms with Gasteiger partial charge in [0, 0.05) is 9.79 Å². The lowest BCUT2D eigenvalue weighted by molar-refractivity contribution is 1.34. The summed E-state index contributed by atoms with van der Waals surface area (Å²) >= 11 is 2.72. The van der Waals surface area contributed by atoms with Crippen LogP contribution in [0.25, 0.3) is 0 Å². The Morgan fingerprint density at radius 1 is 1.00 bits per heavy atom. The molecule has 1 aromatic rings. The van der Waals surface area contributed by atoms with Crippen LogP contribution in [0.5, 0.6) is 0 Å². The Morgan fingerprint density at radius 2 is 1.50 bits per heavy atom. The minimum absolute atomic E-state index is 1.05. The zero-order valence-corrected chi connectivity index (χ0v) is 7.91. The first kappa shape index (κ1) is 9.13. The van der Waals surface area contributed by atoms with Gasteiger partial charge in [-0.05, 0) is 52.2 Å². The second kappa shape index (κ2) is 4.83. The van der Waals surface area contributed by atoms with Crippen molar-refractivity contribution in [3.05, 3.63) is 24.3 Å². The van der Waals surface area contributed by atoms with Gasteiger partial charge >= 0.3 is 0 Å². The van der Waals surface area contributed by atoms with E-state index < -0.39 is 0 Å². The van der Waals surface area contributed by atoms with E-state index in [-0.39, 0.29) is 0 Å². The lowest BCUT2D eigenvalue weighted by Crippen LogP contribution is -1.70. The van der Waals surface area contributed by atoms with E-state index in [0.717, 1.165) is 9.79 Å². The largest absolute Gasteiger partial charge is 0.108 e. The van der Waals surface area contributed by atoms with Crippen LogP contribution in [0.2, 0.25) is 0 Å². The molecule has 0 aromatic heterocycles. The number of hydrogen-bond donors (Lipinski definition) is 0. The van der Waals surface area contributed by atoms with Crippen molar-refractivity contribution < 1.29 is 0 Å². The minimum atomic E-state index is 1.05. The monoisotopic (exact) mass is 190 g/mol. The fraction of sp³-hybridized carbons (Fsp3) is 0. The quantitative estimate of drug-likeness (QED) is 0.519. The summed E-state index contributed by atoms with van der Waals surface area (Å²) in [7, 11) is 0. The Morgan fingerprint density at radius 3 is 1.92 bits per heavy atom. The van der Waals surface area contributed by atoms with E-state index in [9.17, 15) is 0 Å². The third kappa shape index (κ3) is 2.58. The minimum Gasteiger partial charge on any atom is -0.108 e. The average molecular weight is 190 g/mol. The first-order chi connectivity index (χ1) is 5.86. The summed E-state index contributed by atoms with van der Waals surface area (Å²) in [6, 6.07) is 7.85. The molecule has 0 nitrogen and oxygen atoms in total. The van der Waals surface area contributed by atoms with Crippen LogP contribution in [0.15, 0.2) is 34.1 Å². The standard InChI is InChI=1S/C10H6S2/c1-3-11-9-6-5-7-10(8-9)12-4-2/h1-2,5-8H. The molecule has 0 bridgehead atoms. The SMILES string of the molecule is C#CSc1cccc(SC#C)c1. The zero-order valence-electron chi connectivity index (χ0n) is 6.28. The first-order valence-corrected chi connectivity index (χ1v) is 4.85. The maximum Gasteiger partial charge on any atom is 0.0214 e. The Labute approximate surface area is 81.1 Å². The van der Waals surface area contributed by atoms with Crippen molar-refractivity contribution in [2.24, 2.45) is 0 Å². The predicted molar refractivity (Wildman–Crippen MR) is 55.8 cm³/mol. The molecule has 1 aromatic carbocycles. The van der Waals surface area contributed by atoms with E-state index in [1.165, 1.54) is 23.5 Å². The smallest absolute Gasteiger partial charge is 0.0214 e. The van der Waals surface area contributed by atoms with Gasteiger partial charge in [-0.3, -0.25) is 0 Å². The summed E-state index contributed by atoms with van der Waals surface area (Å²) < 4.78 is 0. The molecule has 0 aliphatic rings. The highest BCUT2D eigenvalue weighted by molar-refractivity contribution is 8.04. The van der Waals surface area contributed by atoms with Crippen LogP contribution in [-0.2, 0) is 0 Å². The molecule has 2 heteroatoms. The van der Waals surface area contributed by atoms with Crippen LogP contribution in [0.3, 0.4) is 0 Å². The molecule has 0 aliphatic heterocycles. The highest BCUT2D eigenvalue weighted by Gasteiger charge is 1.93. The Bertz CT molecular complexity index is 310. The van der Waals surface area contributed by atoms with Crippen LogP contribution in [0.4, 0.5) is 0 Å². The van der Waals surface area contributed by atoms with Crippen molar-refractivity contribution >= 4 is 23.5 Å². The summed E-state index contributed by atoms with van der Waals surface area (Å²) in [4.78, 5) is 2.11. The lowest BCUT2D eigenvalue weighted by Gasteiger charge is -1.96. The lowest BCUT2D eigenvalue weighted by atomic mass is 10.4. The number of hydrogen-bond acceptors (Lipinski definition) is 2. The van der Waals surface area contributed by atoms with Crippen LogP contribution >= 0.6 is 23.5 Å². The van der Waals surface area contributed by atoms with E-state index in [2.05, 4.69) is 10.5 Å². The van der Waals surface area contributed by atoms with E-state index in [1.54, 1.807) is 0 Å². The maximum absolute atomic E-state index is 5.15. The number of benzene rings is 1. The average Bonchev–Trinajstić information content (AvgIpc) is 2.06. The van der Waals surface area contributed by atoms with Gasteiger partial charge in [-0.1, -0.05) is 6.07 Å². The van der Waals surface area contributed by atoms with Crippen LogP contribution in [0, 0.1) is 23.4 Å². The van der Waals surface area contributed by atoms with Gasteiger partial charge in [0.1, 0.15) is 0 Å². The second-order valence-corrected chi connectivity index (χ2v) is 3.74. The molecule has 12 heavy (non-hydrogen) atoms. The number of rotatable bonds is 2. The molecule has 0 atom stereocenters. The Balaban J connectivity index is 2.84. The van der Waals surface area contributed by atoms with Crippen molar-refractivity contribution in [2.45, 2.75) is 9.79 Å². The second-order valence-electron chi connectivity index (χ2n) is 1.91. The van der Waals surface area contributed by atoms with Gasteiger partial charge in [-0.2, -0.15) is 0 Å². The van der Waals surface area contributed by atoms with Crippen molar-refractivity contribution in [2.75, 3.05) is 0 Å². The number of terminal acetylenes is 2. The van der Waals surface area contributed by atoms with E-state index >= 15 is 0 Å². The van der Waals surface area contributed by atoms with Gasteiger partial charge in [-0.15, -0.1) is 12.8 Å². The Hall–Kier alpha value is -0.960. The molecule has 0 aliphatic carbocycles. The summed E-state index contributed by atoms with van der Waals surface area (Å²) in [5.41, 5.74) is 0. The number of thioether (sulfide) groups is 2. The van der Waals surface area contributed by atoms with Crippen LogP contribution in [-0.4, -0.2) is 0 Å². The molecule has 0 saturated carbocycles. The molecule has 0 amide bonds. The molecule has 0 fully saturated rings. The van der Waals surface area contributed by atoms with Crippen LogP contribution in [0.1, 0.15) is 0 Å². The summed E-state index contributed by atoms with van der Waals surface area (Å²) in [6.45, 7) is 0. The molecule has 0 heterocycles. The molecule has 0 radical (unpaired) electrons. The molecular weight excluding hydrogens is 184 g/mol. The van der Waals surface area contributed by atoms with Gasteiger partial charge in [0.2, 0.25) is 0 Å². The predicted octanol–water partition coefficient (Wildman–Crippen LogP) is 3.05. The van der Waals surface area contributed by atoms with Gasteiger partial charge in [-0.25, -0.2) is 0 Å². The fourth-order valence-corrected chi connectivity index (χ4v) is 1.75. The zero-order chi connectivity index (χ0) is 8.81. The molecule has 0 saturated heterocycles. The Kier molecular flexibility index (Phi) is 3.67. The van der Waals surface area contributed by atoms with E-state index in [4.69, 9.17) is 12.8 Å². The molecule has 58 valence electrons. The van der Waals surface area contributed by atoms with Crippen molar-refractivity contribution in [1.29, 1.82) is 0 Å². The topological polar surface area (TPSA) is 0 Å². The molecule has 0 unspecified atom stereocenters. The van der Waals surface area contributed by atoms with Crippen molar-refractivity contribution in [3.63, 3.8) is 0 Å². The third-order valence-corrected chi connectivity index (χ3v) is 2.37. The summed E-state index contributed by atoms with van der Waals surface area (Å²) in [5.74, 6) is 0. The summed E-state index contributed by atoms with van der Waals surface area (Å²) in [5, 5.41) is 5.02. The fourth-order valence-electron chi connectivity index (χ4n) is 0.737. The van der Waals surface area contributed by atoms with Gasteiger partial charge in [0.05, 0.1) is 0 Å². The van der Waals surface area contributed by atoms with Gasteiger partial charge in [0.25, 0.3) is 0 Å². The van der Waals surface area contributed by atoms with Crippen molar-refractivity contribution in [1.82, 2.24) is 0 Å². The molecule has 1 rings (SSSR count). The molecular formula is C10H6S2. The highest BCUT2D eigenvalue weighted by Crippen LogP contribution is 2.23. The van der Waals surface area contributed by atoms with Gasteiger partial charge in [0.15, 0.2) is 0 Å². The highest BCUT2D eigenvalue weighted by atomic mass is 32.2. The van der Waals surface area contributed by atoms with Gasteiger partial charge < -0.3 is 0 Å². The van der Waals surface area contributed by atoms with E-state index in [0.29, 0.717) is 0 Å². The molecule has 0 spiro atoms. The molecule has 0 N–H and O–H groups in total.